The van der Waals surface area contributed by atoms with Gasteiger partial charge < -0.3 is 19.9 Å². The first-order chi connectivity index (χ1) is 15.1. The molecule has 0 bridgehead atoms. The van der Waals surface area contributed by atoms with E-state index < -0.39 is 11.7 Å². The molecule has 2 N–H and O–H groups in total. The van der Waals surface area contributed by atoms with Gasteiger partial charge in [0.15, 0.2) is 0 Å². The fourth-order valence-corrected chi connectivity index (χ4v) is 4.89. The van der Waals surface area contributed by atoms with Crippen LogP contribution in [-0.4, -0.2) is 31.5 Å². The van der Waals surface area contributed by atoms with Crippen molar-refractivity contribution in [2.24, 2.45) is 0 Å². The van der Waals surface area contributed by atoms with Crippen molar-refractivity contribution < 1.29 is 19.4 Å². The van der Waals surface area contributed by atoms with Gasteiger partial charge in [0.25, 0.3) is 0 Å². The van der Waals surface area contributed by atoms with Crippen molar-refractivity contribution >= 4 is 6.09 Å². The Balaban J connectivity index is 1.24. The van der Waals surface area contributed by atoms with Gasteiger partial charge in [0.05, 0.1) is 13.7 Å². The molecule has 158 valence electrons. The monoisotopic (exact) mass is 415 g/mol. The zero-order valence-corrected chi connectivity index (χ0v) is 17.4. The van der Waals surface area contributed by atoms with E-state index in [1.54, 1.807) is 7.11 Å². The van der Waals surface area contributed by atoms with E-state index in [0.29, 0.717) is 6.42 Å². The predicted octanol–water partition coefficient (Wildman–Crippen LogP) is 4.37. The van der Waals surface area contributed by atoms with Crippen molar-refractivity contribution in [3.05, 3.63) is 89.0 Å². The number of nitrogens with one attached hydrogen (secondary N) is 1. The van der Waals surface area contributed by atoms with Gasteiger partial charge in [-0.25, -0.2) is 4.79 Å². The zero-order chi connectivity index (χ0) is 21.4. The molecule has 0 saturated carbocycles. The summed E-state index contributed by atoms with van der Waals surface area (Å²) in [5.41, 5.74) is 5.54. The third-order valence-electron chi connectivity index (χ3n) is 6.49. The molecule has 2 aliphatic carbocycles. The van der Waals surface area contributed by atoms with Crippen LogP contribution in [-0.2, 0) is 16.8 Å². The Labute approximate surface area is 181 Å². The number of benzene rings is 3. The number of ether oxygens (including phenoxy) is 2. The van der Waals surface area contributed by atoms with E-state index >= 15 is 0 Å². The minimum absolute atomic E-state index is 0.0147. The number of carbonyl (C=O) groups excluding carboxylic acids is 1. The lowest BCUT2D eigenvalue weighted by molar-refractivity contribution is 0.0365. The lowest BCUT2D eigenvalue weighted by atomic mass is 9.96. The number of alkyl carbamates (subject to hydrolysis) is 1. The van der Waals surface area contributed by atoms with E-state index in [2.05, 4.69) is 29.6 Å². The first-order valence-corrected chi connectivity index (χ1v) is 10.6. The second-order valence-electron chi connectivity index (χ2n) is 8.23. The molecule has 0 radical (unpaired) electrons. The minimum Gasteiger partial charge on any atom is -0.497 e. The molecular formula is C26H25NO4. The highest BCUT2D eigenvalue weighted by molar-refractivity contribution is 5.79. The largest absolute Gasteiger partial charge is 0.497 e. The molecule has 5 heteroatoms. The number of hydrogen-bond donors (Lipinski definition) is 2. The summed E-state index contributed by atoms with van der Waals surface area (Å²) in [6.45, 7) is 0.370. The van der Waals surface area contributed by atoms with Gasteiger partial charge in [-0.1, -0.05) is 54.6 Å². The predicted molar refractivity (Wildman–Crippen MR) is 118 cm³/mol. The number of carbonyl (C=O) groups is 1. The molecule has 5 nitrogen and oxygen atoms in total. The van der Waals surface area contributed by atoms with Crippen LogP contribution in [0.15, 0.2) is 66.7 Å². The van der Waals surface area contributed by atoms with Crippen molar-refractivity contribution in [1.29, 1.82) is 0 Å². The van der Waals surface area contributed by atoms with Crippen LogP contribution >= 0.6 is 0 Å². The quantitative estimate of drug-likeness (QED) is 0.649. The van der Waals surface area contributed by atoms with Crippen LogP contribution in [0.25, 0.3) is 11.1 Å². The summed E-state index contributed by atoms with van der Waals surface area (Å²) in [6, 6.07) is 22.1. The first kappa shape index (κ1) is 19.6. The summed E-state index contributed by atoms with van der Waals surface area (Å²) >= 11 is 0. The van der Waals surface area contributed by atoms with E-state index in [0.717, 1.165) is 23.3 Å². The molecule has 1 atom stereocenters. The van der Waals surface area contributed by atoms with Gasteiger partial charge in [0.1, 0.15) is 18.0 Å². The van der Waals surface area contributed by atoms with Gasteiger partial charge in [0.2, 0.25) is 0 Å². The first-order valence-electron chi connectivity index (χ1n) is 10.6. The number of rotatable bonds is 5. The molecule has 31 heavy (non-hydrogen) atoms. The summed E-state index contributed by atoms with van der Waals surface area (Å²) < 4.78 is 10.9. The van der Waals surface area contributed by atoms with E-state index in [4.69, 9.17) is 9.47 Å². The summed E-state index contributed by atoms with van der Waals surface area (Å²) in [6.07, 6.45) is 0.784. The van der Waals surface area contributed by atoms with Crippen LogP contribution in [0.4, 0.5) is 4.79 Å². The van der Waals surface area contributed by atoms with E-state index in [9.17, 15) is 9.90 Å². The standard InChI is InChI=1S/C26H25NO4/c1-30-18-10-11-24-17(14-18)12-13-26(24,29)16-27-25(28)31-15-23-21-8-4-2-6-19(21)20-7-3-5-9-22(20)23/h2-11,14,23,29H,12-13,15-16H2,1H3,(H,27,28). The average Bonchev–Trinajstić information content (AvgIpc) is 3.31. The van der Waals surface area contributed by atoms with Crippen LogP contribution in [0.3, 0.4) is 0 Å². The molecule has 0 aromatic heterocycles. The van der Waals surface area contributed by atoms with Crippen LogP contribution in [0, 0.1) is 0 Å². The van der Waals surface area contributed by atoms with Crippen molar-refractivity contribution in [3.8, 4) is 16.9 Å². The molecule has 0 spiro atoms. The number of aliphatic hydroxyl groups is 1. The molecule has 3 aromatic carbocycles. The molecule has 1 amide bonds. The fourth-order valence-electron chi connectivity index (χ4n) is 4.89. The molecule has 0 saturated heterocycles. The van der Waals surface area contributed by atoms with E-state index in [1.807, 2.05) is 42.5 Å². The number of aryl methyl sites for hydroxylation is 1. The second-order valence-corrected chi connectivity index (χ2v) is 8.23. The number of methoxy groups -OCH3 is 1. The average molecular weight is 415 g/mol. The highest BCUT2D eigenvalue weighted by atomic mass is 16.5. The molecule has 0 aliphatic heterocycles. The zero-order valence-electron chi connectivity index (χ0n) is 17.4. The summed E-state index contributed by atoms with van der Waals surface area (Å²) in [4.78, 5) is 12.5. The SMILES string of the molecule is COc1ccc2c(c1)CCC2(O)CNC(=O)OCC1c2ccccc2-c2ccccc21. The Kier molecular flexibility index (Phi) is 4.91. The number of hydrogen-bond acceptors (Lipinski definition) is 4. The van der Waals surface area contributed by atoms with Gasteiger partial charge in [0, 0.05) is 5.92 Å². The molecular weight excluding hydrogens is 390 g/mol. The summed E-state index contributed by atoms with van der Waals surface area (Å²) in [5, 5.41) is 13.8. The summed E-state index contributed by atoms with van der Waals surface area (Å²) in [5.74, 6) is 0.786. The maximum absolute atomic E-state index is 12.5. The lowest BCUT2D eigenvalue weighted by Gasteiger charge is -2.24. The Morgan fingerprint density at radius 1 is 1.06 bits per heavy atom. The third kappa shape index (κ3) is 3.45. The topological polar surface area (TPSA) is 67.8 Å². The third-order valence-corrected chi connectivity index (χ3v) is 6.49. The number of fused-ring (bicyclic) bond motifs is 4. The van der Waals surface area contributed by atoms with E-state index in [-0.39, 0.29) is 19.1 Å². The van der Waals surface area contributed by atoms with Gasteiger partial charge in [-0.3, -0.25) is 0 Å². The van der Waals surface area contributed by atoms with Crippen LogP contribution in [0.5, 0.6) is 5.75 Å². The maximum atomic E-state index is 12.5. The molecule has 0 fully saturated rings. The normalized spacial score (nSPS) is 18.8. The van der Waals surface area contributed by atoms with Crippen LogP contribution in [0.2, 0.25) is 0 Å². The molecule has 0 heterocycles. The fraction of sp³-hybridized carbons (Fsp3) is 0.269. The van der Waals surface area contributed by atoms with Gasteiger partial charge in [-0.2, -0.15) is 0 Å². The van der Waals surface area contributed by atoms with Crippen molar-refractivity contribution in [1.82, 2.24) is 5.32 Å². The Morgan fingerprint density at radius 3 is 2.42 bits per heavy atom. The van der Waals surface area contributed by atoms with Gasteiger partial charge >= 0.3 is 6.09 Å². The minimum atomic E-state index is -1.09. The molecule has 1 unspecified atom stereocenters. The van der Waals surface area contributed by atoms with E-state index in [1.165, 1.54) is 22.3 Å². The van der Waals surface area contributed by atoms with Crippen molar-refractivity contribution in [2.75, 3.05) is 20.3 Å². The Morgan fingerprint density at radius 2 is 1.74 bits per heavy atom. The summed E-state index contributed by atoms with van der Waals surface area (Å²) in [7, 11) is 1.63. The smallest absolute Gasteiger partial charge is 0.407 e. The molecule has 2 aliphatic rings. The van der Waals surface area contributed by atoms with Crippen LogP contribution in [0.1, 0.15) is 34.6 Å². The lowest BCUT2D eigenvalue weighted by Crippen LogP contribution is -2.39. The highest BCUT2D eigenvalue weighted by Gasteiger charge is 2.37. The van der Waals surface area contributed by atoms with Crippen LogP contribution < -0.4 is 10.1 Å². The van der Waals surface area contributed by atoms with Crippen molar-refractivity contribution in [2.45, 2.75) is 24.4 Å². The Bertz CT molecular complexity index is 1100. The molecule has 5 rings (SSSR count). The van der Waals surface area contributed by atoms with Gasteiger partial charge in [-0.15, -0.1) is 0 Å². The second kappa shape index (κ2) is 7.75. The maximum Gasteiger partial charge on any atom is 0.407 e. The highest BCUT2D eigenvalue weighted by Crippen LogP contribution is 2.44. The van der Waals surface area contributed by atoms with Crippen molar-refractivity contribution in [3.63, 3.8) is 0 Å². The Hall–Kier alpha value is -3.31. The van der Waals surface area contributed by atoms with Gasteiger partial charge in [-0.05, 0) is 58.4 Å². The number of amides is 1. The molecule has 3 aromatic rings.